The molecule has 1 saturated heterocycles. The summed E-state index contributed by atoms with van der Waals surface area (Å²) in [5.74, 6) is 0.394. The lowest BCUT2D eigenvalue weighted by atomic mass is 9.88. The molecule has 0 radical (unpaired) electrons. The van der Waals surface area contributed by atoms with Crippen molar-refractivity contribution in [2.45, 2.75) is 18.9 Å². The van der Waals surface area contributed by atoms with Gasteiger partial charge in [0.2, 0.25) is 0 Å². The molecule has 0 spiro atoms. The highest BCUT2D eigenvalue weighted by Gasteiger charge is 2.26. The first kappa shape index (κ1) is 14.1. The Bertz CT molecular complexity index is 433. The summed E-state index contributed by atoms with van der Waals surface area (Å²) in [6.07, 6.45) is 0.881. The van der Waals surface area contributed by atoms with E-state index in [1.807, 2.05) is 0 Å². The Morgan fingerprint density at radius 2 is 1.79 bits per heavy atom. The first-order chi connectivity index (χ1) is 9.17. The number of methoxy groups -OCH3 is 2. The van der Waals surface area contributed by atoms with Gasteiger partial charge in [-0.05, 0) is 37.9 Å². The van der Waals surface area contributed by atoms with Crippen LogP contribution in [0.25, 0.3) is 0 Å². The van der Waals surface area contributed by atoms with Crippen molar-refractivity contribution in [3.05, 3.63) is 23.5 Å². The van der Waals surface area contributed by atoms with Crippen molar-refractivity contribution < 1.29 is 19.0 Å². The van der Waals surface area contributed by atoms with Crippen LogP contribution in [0.3, 0.4) is 0 Å². The molecule has 1 aliphatic heterocycles. The van der Waals surface area contributed by atoms with E-state index in [4.69, 9.17) is 9.47 Å². The highest BCUT2D eigenvalue weighted by atomic mass is 19.1. The van der Waals surface area contributed by atoms with Crippen molar-refractivity contribution in [3.8, 4) is 11.5 Å². The van der Waals surface area contributed by atoms with Gasteiger partial charge in [0.25, 0.3) is 0 Å². The van der Waals surface area contributed by atoms with Crippen molar-refractivity contribution in [2.24, 2.45) is 5.92 Å². The van der Waals surface area contributed by atoms with Crippen LogP contribution in [0.1, 0.15) is 24.5 Å². The molecule has 0 aliphatic carbocycles. The van der Waals surface area contributed by atoms with Gasteiger partial charge in [0, 0.05) is 11.6 Å². The number of nitrogens with one attached hydrogen (secondary N) is 1. The molecule has 0 aromatic heterocycles. The number of hydrogen-bond donors (Lipinski definition) is 2. The molecule has 4 nitrogen and oxygen atoms in total. The van der Waals surface area contributed by atoms with Crippen LogP contribution in [0.4, 0.5) is 4.39 Å². The zero-order valence-corrected chi connectivity index (χ0v) is 11.3. The molecule has 0 amide bonds. The molecular formula is C14H20FNO3. The molecule has 1 unspecified atom stereocenters. The Labute approximate surface area is 112 Å². The fourth-order valence-corrected chi connectivity index (χ4v) is 2.51. The van der Waals surface area contributed by atoms with Gasteiger partial charge in [0.15, 0.2) is 11.5 Å². The predicted octanol–water partition coefficient (Wildman–Crippen LogP) is 1.88. The number of halogens is 1. The van der Waals surface area contributed by atoms with Crippen LogP contribution >= 0.6 is 0 Å². The van der Waals surface area contributed by atoms with E-state index in [0.29, 0.717) is 11.5 Å². The molecule has 1 aromatic carbocycles. The average molecular weight is 269 g/mol. The Balaban J connectivity index is 2.27. The average Bonchev–Trinajstić information content (AvgIpc) is 2.47. The fraction of sp³-hybridized carbons (Fsp3) is 0.571. The summed E-state index contributed by atoms with van der Waals surface area (Å²) in [5.41, 5.74) is 0.282. The first-order valence-corrected chi connectivity index (χ1v) is 6.47. The normalized spacial score (nSPS) is 18.1. The summed E-state index contributed by atoms with van der Waals surface area (Å²) in [6.45, 7) is 1.72. The van der Waals surface area contributed by atoms with Crippen molar-refractivity contribution in [1.29, 1.82) is 0 Å². The maximum atomic E-state index is 14.0. The molecule has 1 aromatic rings. The topological polar surface area (TPSA) is 50.7 Å². The standard InChI is InChI=1S/C14H20FNO3/c1-18-12-7-10(11(15)8-13(12)19-2)14(17)9-3-5-16-6-4-9/h7-9,14,16-17H,3-6H2,1-2H3. The van der Waals surface area contributed by atoms with E-state index >= 15 is 0 Å². The Morgan fingerprint density at radius 1 is 1.21 bits per heavy atom. The molecule has 1 atom stereocenters. The van der Waals surface area contributed by atoms with Crippen LogP contribution in [0.5, 0.6) is 11.5 Å². The largest absolute Gasteiger partial charge is 0.493 e. The van der Waals surface area contributed by atoms with Crippen LogP contribution in [0.15, 0.2) is 12.1 Å². The summed E-state index contributed by atoms with van der Waals surface area (Å²) in [5, 5.41) is 13.6. The molecular weight excluding hydrogens is 249 g/mol. The smallest absolute Gasteiger partial charge is 0.163 e. The van der Waals surface area contributed by atoms with Gasteiger partial charge in [-0.1, -0.05) is 0 Å². The van der Waals surface area contributed by atoms with Crippen molar-refractivity contribution in [2.75, 3.05) is 27.3 Å². The number of rotatable bonds is 4. The number of aliphatic hydroxyl groups excluding tert-OH is 1. The summed E-state index contributed by atoms with van der Waals surface area (Å²) < 4.78 is 24.2. The number of piperidine rings is 1. The van der Waals surface area contributed by atoms with E-state index in [0.717, 1.165) is 25.9 Å². The first-order valence-electron chi connectivity index (χ1n) is 6.47. The fourth-order valence-electron chi connectivity index (χ4n) is 2.51. The van der Waals surface area contributed by atoms with E-state index in [9.17, 15) is 9.50 Å². The Kier molecular flexibility index (Phi) is 4.61. The molecule has 0 bridgehead atoms. The Morgan fingerprint density at radius 3 is 2.37 bits per heavy atom. The van der Waals surface area contributed by atoms with Gasteiger partial charge in [-0.3, -0.25) is 0 Å². The van der Waals surface area contributed by atoms with Crippen molar-refractivity contribution in [1.82, 2.24) is 5.32 Å². The quantitative estimate of drug-likeness (QED) is 0.876. The molecule has 5 heteroatoms. The number of benzene rings is 1. The number of hydrogen-bond acceptors (Lipinski definition) is 4. The molecule has 1 heterocycles. The monoisotopic (exact) mass is 269 g/mol. The summed E-state index contributed by atoms with van der Waals surface area (Å²) in [6, 6.07) is 2.79. The second-order valence-electron chi connectivity index (χ2n) is 4.76. The molecule has 1 aliphatic rings. The van der Waals surface area contributed by atoms with Crippen LogP contribution < -0.4 is 14.8 Å². The molecule has 0 saturated carbocycles. The predicted molar refractivity (Wildman–Crippen MR) is 70.1 cm³/mol. The van der Waals surface area contributed by atoms with Gasteiger partial charge in [-0.25, -0.2) is 4.39 Å². The molecule has 106 valence electrons. The second-order valence-corrected chi connectivity index (χ2v) is 4.76. The highest BCUT2D eigenvalue weighted by molar-refractivity contribution is 5.44. The van der Waals surface area contributed by atoms with Crippen molar-refractivity contribution in [3.63, 3.8) is 0 Å². The zero-order valence-electron chi connectivity index (χ0n) is 11.3. The lowest BCUT2D eigenvalue weighted by molar-refractivity contribution is 0.0853. The van der Waals surface area contributed by atoms with E-state index in [1.54, 1.807) is 0 Å². The van der Waals surface area contributed by atoms with Crippen LogP contribution in [0, 0.1) is 11.7 Å². The minimum Gasteiger partial charge on any atom is -0.493 e. The summed E-state index contributed by atoms with van der Waals surface area (Å²) in [4.78, 5) is 0. The summed E-state index contributed by atoms with van der Waals surface area (Å²) in [7, 11) is 2.96. The maximum absolute atomic E-state index is 14.0. The van der Waals surface area contributed by atoms with Gasteiger partial charge in [0.1, 0.15) is 5.82 Å². The number of aliphatic hydroxyl groups is 1. The molecule has 2 rings (SSSR count). The van der Waals surface area contributed by atoms with Gasteiger partial charge in [0.05, 0.1) is 20.3 Å². The van der Waals surface area contributed by atoms with E-state index in [2.05, 4.69) is 5.32 Å². The van der Waals surface area contributed by atoms with E-state index < -0.39 is 11.9 Å². The van der Waals surface area contributed by atoms with Crippen LogP contribution in [-0.2, 0) is 0 Å². The number of ether oxygens (including phenoxy) is 2. The van der Waals surface area contributed by atoms with Gasteiger partial charge in [-0.2, -0.15) is 0 Å². The lowest BCUT2D eigenvalue weighted by Crippen LogP contribution is -2.31. The van der Waals surface area contributed by atoms with E-state index in [-0.39, 0.29) is 11.5 Å². The second kappa shape index (κ2) is 6.21. The maximum Gasteiger partial charge on any atom is 0.163 e. The van der Waals surface area contributed by atoms with Crippen LogP contribution in [0.2, 0.25) is 0 Å². The summed E-state index contributed by atoms with van der Waals surface area (Å²) >= 11 is 0. The third kappa shape index (κ3) is 2.98. The van der Waals surface area contributed by atoms with Gasteiger partial charge >= 0.3 is 0 Å². The van der Waals surface area contributed by atoms with Gasteiger partial charge < -0.3 is 19.9 Å². The van der Waals surface area contributed by atoms with Crippen molar-refractivity contribution >= 4 is 0 Å². The third-order valence-electron chi connectivity index (χ3n) is 3.65. The third-order valence-corrected chi connectivity index (χ3v) is 3.65. The minimum atomic E-state index is -0.804. The Hall–Kier alpha value is -1.33. The minimum absolute atomic E-state index is 0.0776. The molecule has 2 N–H and O–H groups in total. The van der Waals surface area contributed by atoms with Gasteiger partial charge in [-0.15, -0.1) is 0 Å². The van der Waals surface area contributed by atoms with Crippen LogP contribution in [-0.4, -0.2) is 32.4 Å². The zero-order chi connectivity index (χ0) is 13.8. The lowest BCUT2D eigenvalue weighted by Gasteiger charge is -2.28. The SMILES string of the molecule is COc1cc(F)c(C(O)C2CCNCC2)cc1OC. The molecule has 1 fully saturated rings. The highest BCUT2D eigenvalue weighted by Crippen LogP contribution is 2.36. The molecule has 19 heavy (non-hydrogen) atoms. The van der Waals surface area contributed by atoms with E-state index in [1.165, 1.54) is 26.4 Å².